The molecule has 1 rings (SSSR count). The van der Waals surface area contributed by atoms with E-state index in [1.165, 1.54) is 0 Å². The van der Waals surface area contributed by atoms with Crippen molar-refractivity contribution in [3.63, 3.8) is 0 Å². The van der Waals surface area contributed by atoms with Crippen LogP contribution in [0.2, 0.25) is 0 Å². The second-order valence-corrected chi connectivity index (χ2v) is 3.88. The van der Waals surface area contributed by atoms with Gasteiger partial charge in [-0.25, -0.2) is 0 Å². The zero-order chi connectivity index (χ0) is 11.3. The number of aliphatic hydroxyl groups is 2. The van der Waals surface area contributed by atoms with Crippen LogP contribution in [-0.2, 0) is 6.42 Å². The average molecular weight is 210 g/mol. The Morgan fingerprint density at radius 2 is 1.87 bits per heavy atom. The van der Waals surface area contributed by atoms with E-state index in [-0.39, 0.29) is 24.9 Å². The van der Waals surface area contributed by atoms with Gasteiger partial charge in [-0.15, -0.1) is 0 Å². The quantitative estimate of drug-likeness (QED) is 0.685. The summed E-state index contributed by atoms with van der Waals surface area (Å²) in [7, 11) is 0. The van der Waals surface area contributed by atoms with E-state index in [0.717, 1.165) is 24.0 Å². The van der Waals surface area contributed by atoms with E-state index in [9.17, 15) is 5.11 Å². The first-order chi connectivity index (χ1) is 7.17. The number of phenolic OH excluding ortho intramolecular Hbond substituents is 1. The van der Waals surface area contributed by atoms with Gasteiger partial charge in [-0.3, -0.25) is 0 Å². The number of hydrogen-bond donors (Lipinski definition) is 3. The molecule has 0 aliphatic heterocycles. The van der Waals surface area contributed by atoms with Crippen molar-refractivity contribution in [3.05, 3.63) is 29.3 Å². The van der Waals surface area contributed by atoms with Crippen LogP contribution in [0.25, 0.3) is 0 Å². The molecule has 0 aliphatic rings. The summed E-state index contributed by atoms with van der Waals surface area (Å²) in [4.78, 5) is 0. The van der Waals surface area contributed by atoms with Gasteiger partial charge in [0.1, 0.15) is 5.75 Å². The van der Waals surface area contributed by atoms with Gasteiger partial charge in [0.25, 0.3) is 0 Å². The van der Waals surface area contributed by atoms with Gasteiger partial charge in [-0.05, 0) is 43.0 Å². The van der Waals surface area contributed by atoms with Gasteiger partial charge in [-0.1, -0.05) is 6.07 Å². The van der Waals surface area contributed by atoms with Crippen LogP contribution in [0.5, 0.6) is 5.75 Å². The van der Waals surface area contributed by atoms with Crippen molar-refractivity contribution >= 4 is 0 Å². The number of rotatable bonds is 5. The van der Waals surface area contributed by atoms with Crippen molar-refractivity contribution < 1.29 is 15.3 Å². The van der Waals surface area contributed by atoms with E-state index in [4.69, 9.17) is 10.2 Å². The van der Waals surface area contributed by atoms with Gasteiger partial charge in [0.15, 0.2) is 0 Å². The lowest BCUT2D eigenvalue weighted by atomic mass is 9.98. The van der Waals surface area contributed by atoms with E-state index >= 15 is 0 Å². The number of hydrogen-bond acceptors (Lipinski definition) is 3. The highest BCUT2D eigenvalue weighted by molar-refractivity contribution is 5.33. The van der Waals surface area contributed by atoms with Gasteiger partial charge in [0.05, 0.1) is 0 Å². The molecule has 0 spiro atoms. The first-order valence-corrected chi connectivity index (χ1v) is 5.17. The van der Waals surface area contributed by atoms with Crippen molar-refractivity contribution in [2.75, 3.05) is 13.2 Å². The second kappa shape index (κ2) is 5.73. The smallest absolute Gasteiger partial charge is 0.115 e. The molecule has 15 heavy (non-hydrogen) atoms. The Hall–Kier alpha value is -1.06. The number of benzene rings is 1. The van der Waals surface area contributed by atoms with Crippen LogP contribution in [-0.4, -0.2) is 28.5 Å². The summed E-state index contributed by atoms with van der Waals surface area (Å²) in [6, 6.07) is 5.27. The van der Waals surface area contributed by atoms with E-state index in [0.29, 0.717) is 0 Å². The summed E-state index contributed by atoms with van der Waals surface area (Å²) in [5.74, 6) is 0.232. The Labute approximate surface area is 90.0 Å². The maximum Gasteiger partial charge on any atom is 0.115 e. The molecule has 3 nitrogen and oxygen atoms in total. The first kappa shape index (κ1) is 12.0. The summed E-state index contributed by atoms with van der Waals surface area (Å²) in [6.45, 7) is 1.99. The zero-order valence-corrected chi connectivity index (χ0v) is 8.98. The summed E-state index contributed by atoms with van der Waals surface area (Å²) >= 11 is 0. The minimum absolute atomic E-state index is 0.0215. The van der Waals surface area contributed by atoms with Crippen LogP contribution >= 0.6 is 0 Å². The largest absolute Gasteiger partial charge is 0.508 e. The lowest BCUT2D eigenvalue weighted by molar-refractivity contribution is 0.144. The topological polar surface area (TPSA) is 60.7 Å². The molecule has 0 heterocycles. The Balaban J connectivity index is 2.57. The molecular formula is C12H18O3. The zero-order valence-electron chi connectivity index (χ0n) is 8.98. The molecule has 0 radical (unpaired) electrons. The molecule has 1 aromatic rings. The van der Waals surface area contributed by atoms with Crippen LogP contribution in [0.3, 0.4) is 0 Å². The fraction of sp³-hybridized carbons (Fsp3) is 0.500. The van der Waals surface area contributed by atoms with Gasteiger partial charge in [-0.2, -0.15) is 0 Å². The molecule has 0 atom stereocenters. The van der Waals surface area contributed by atoms with Crippen LogP contribution in [0.1, 0.15) is 17.5 Å². The number of aryl methyl sites for hydroxylation is 2. The Kier molecular flexibility index (Phi) is 4.59. The number of phenols is 1. The van der Waals surface area contributed by atoms with E-state index in [1.54, 1.807) is 12.1 Å². The van der Waals surface area contributed by atoms with Crippen LogP contribution in [0.15, 0.2) is 18.2 Å². The highest BCUT2D eigenvalue weighted by atomic mass is 16.3. The molecule has 0 fully saturated rings. The highest BCUT2D eigenvalue weighted by Gasteiger charge is 2.07. The third-order valence-corrected chi connectivity index (χ3v) is 2.66. The van der Waals surface area contributed by atoms with E-state index in [2.05, 4.69) is 0 Å². The molecule has 84 valence electrons. The first-order valence-electron chi connectivity index (χ1n) is 5.17. The van der Waals surface area contributed by atoms with Crippen molar-refractivity contribution in [1.29, 1.82) is 0 Å². The summed E-state index contributed by atoms with van der Waals surface area (Å²) in [5, 5.41) is 27.1. The average Bonchev–Trinajstić information content (AvgIpc) is 2.22. The molecule has 0 amide bonds. The molecule has 0 unspecified atom stereocenters. The van der Waals surface area contributed by atoms with Crippen LogP contribution in [0, 0.1) is 12.8 Å². The normalized spacial score (nSPS) is 10.9. The minimum atomic E-state index is -0.0433. The molecule has 0 bridgehead atoms. The number of aromatic hydroxyl groups is 1. The Morgan fingerprint density at radius 1 is 1.20 bits per heavy atom. The van der Waals surface area contributed by atoms with E-state index < -0.39 is 0 Å². The second-order valence-electron chi connectivity index (χ2n) is 3.88. The molecule has 0 aromatic heterocycles. The molecule has 3 N–H and O–H groups in total. The minimum Gasteiger partial charge on any atom is -0.508 e. The SMILES string of the molecule is Cc1cc(O)ccc1CCC(CO)CO. The standard InChI is InChI=1S/C12H18O3/c1-9-6-12(15)5-4-11(9)3-2-10(7-13)8-14/h4-6,10,13-15H,2-3,7-8H2,1H3. The Bertz CT molecular complexity index is 306. The monoisotopic (exact) mass is 210 g/mol. The third kappa shape index (κ3) is 3.53. The van der Waals surface area contributed by atoms with Gasteiger partial charge in [0, 0.05) is 19.1 Å². The predicted molar refractivity (Wildman–Crippen MR) is 58.8 cm³/mol. The van der Waals surface area contributed by atoms with Crippen LogP contribution < -0.4 is 0 Å². The lowest BCUT2D eigenvalue weighted by Crippen LogP contribution is -2.12. The summed E-state index contributed by atoms with van der Waals surface area (Å²) in [5.41, 5.74) is 2.20. The van der Waals surface area contributed by atoms with Gasteiger partial charge < -0.3 is 15.3 Å². The predicted octanol–water partition coefficient (Wildman–Crippen LogP) is 1.23. The fourth-order valence-corrected chi connectivity index (χ4v) is 1.56. The van der Waals surface area contributed by atoms with Crippen LogP contribution in [0.4, 0.5) is 0 Å². The maximum absolute atomic E-state index is 9.23. The third-order valence-electron chi connectivity index (χ3n) is 2.66. The van der Waals surface area contributed by atoms with Crippen molar-refractivity contribution in [1.82, 2.24) is 0 Å². The van der Waals surface area contributed by atoms with Gasteiger partial charge in [0.2, 0.25) is 0 Å². The molecular weight excluding hydrogens is 192 g/mol. The summed E-state index contributed by atoms with van der Waals surface area (Å²) in [6.07, 6.45) is 1.58. The van der Waals surface area contributed by atoms with Crippen molar-refractivity contribution in [3.8, 4) is 5.75 Å². The molecule has 0 saturated carbocycles. The van der Waals surface area contributed by atoms with E-state index in [1.807, 2.05) is 13.0 Å². The van der Waals surface area contributed by atoms with Gasteiger partial charge >= 0.3 is 0 Å². The lowest BCUT2D eigenvalue weighted by Gasteiger charge is -2.11. The molecule has 0 aliphatic carbocycles. The summed E-state index contributed by atoms with van der Waals surface area (Å²) < 4.78 is 0. The van der Waals surface area contributed by atoms with Crippen molar-refractivity contribution in [2.45, 2.75) is 19.8 Å². The Morgan fingerprint density at radius 3 is 2.40 bits per heavy atom. The fourth-order valence-electron chi connectivity index (χ4n) is 1.56. The van der Waals surface area contributed by atoms with Crippen molar-refractivity contribution in [2.24, 2.45) is 5.92 Å². The number of aliphatic hydroxyl groups excluding tert-OH is 2. The molecule has 1 aromatic carbocycles. The maximum atomic E-state index is 9.23. The highest BCUT2D eigenvalue weighted by Crippen LogP contribution is 2.18. The molecule has 0 saturated heterocycles. The molecule has 3 heteroatoms.